The molecule has 0 spiro atoms. The van der Waals surface area contributed by atoms with Gasteiger partial charge in [0, 0.05) is 26.2 Å². The van der Waals surface area contributed by atoms with Gasteiger partial charge in [-0.05, 0) is 45.3 Å². The van der Waals surface area contributed by atoms with Gasteiger partial charge in [0.05, 0.1) is 0 Å². The van der Waals surface area contributed by atoms with Gasteiger partial charge in [-0.1, -0.05) is 6.92 Å². The summed E-state index contributed by atoms with van der Waals surface area (Å²) in [5.74, 6) is 0. The summed E-state index contributed by atoms with van der Waals surface area (Å²) < 4.78 is 0. The van der Waals surface area contributed by atoms with Crippen LogP contribution in [0.15, 0.2) is 0 Å². The lowest BCUT2D eigenvalue weighted by Gasteiger charge is -2.34. The summed E-state index contributed by atoms with van der Waals surface area (Å²) >= 11 is 0. The first-order chi connectivity index (χ1) is 7.88. The van der Waals surface area contributed by atoms with Crippen LogP contribution in [0.1, 0.15) is 32.6 Å². The van der Waals surface area contributed by atoms with Crippen molar-refractivity contribution in [1.82, 2.24) is 15.3 Å². The Balaban J connectivity index is 2.45. The Kier molecular flexibility index (Phi) is 7.76. The molecule has 0 unspecified atom stereocenters. The molecule has 1 rings (SSSR count). The largest absolute Gasteiger partial charge is 0.330 e. The van der Waals surface area contributed by atoms with Crippen molar-refractivity contribution in [2.45, 2.75) is 32.6 Å². The van der Waals surface area contributed by atoms with Gasteiger partial charge in [0.2, 0.25) is 0 Å². The van der Waals surface area contributed by atoms with Crippen LogP contribution < -0.4 is 11.1 Å². The van der Waals surface area contributed by atoms with Crippen LogP contribution in [0.4, 0.5) is 0 Å². The SMILES string of the molecule is CCCN1CCCNCCCN1CCCN. The van der Waals surface area contributed by atoms with Crippen molar-refractivity contribution in [2.24, 2.45) is 5.73 Å². The van der Waals surface area contributed by atoms with Crippen LogP contribution in [-0.2, 0) is 0 Å². The minimum absolute atomic E-state index is 0.800. The van der Waals surface area contributed by atoms with Crippen molar-refractivity contribution in [3.63, 3.8) is 0 Å². The second-order valence-electron chi connectivity index (χ2n) is 4.51. The monoisotopic (exact) mass is 228 g/mol. The molecule has 0 aromatic heterocycles. The molecule has 0 aliphatic carbocycles. The Hall–Kier alpha value is -0.160. The molecule has 0 atom stereocenters. The Morgan fingerprint density at radius 3 is 2.25 bits per heavy atom. The predicted molar refractivity (Wildman–Crippen MR) is 69.2 cm³/mol. The minimum Gasteiger partial charge on any atom is -0.330 e. The molecule has 16 heavy (non-hydrogen) atoms. The van der Waals surface area contributed by atoms with E-state index in [9.17, 15) is 0 Å². The van der Waals surface area contributed by atoms with E-state index in [0.717, 1.165) is 32.6 Å². The molecule has 0 radical (unpaired) electrons. The van der Waals surface area contributed by atoms with Crippen molar-refractivity contribution < 1.29 is 0 Å². The molecule has 0 aromatic rings. The van der Waals surface area contributed by atoms with Gasteiger partial charge in [-0.25, -0.2) is 10.0 Å². The maximum absolute atomic E-state index is 5.61. The number of nitrogens with two attached hydrogens (primary N) is 1. The molecule has 1 aliphatic rings. The second-order valence-corrected chi connectivity index (χ2v) is 4.51. The van der Waals surface area contributed by atoms with E-state index >= 15 is 0 Å². The summed E-state index contributed by atoms with van der Waals surface area (Å²) in [6.45, 7) is 10.0. The lowest BCUT2D eigenvalue weighted by molar-refractivity contribution is -0.0248. The molecule has 4 heteroatoms. The number of rotatable bonds is 5. The van der Waals surface area contributed by atoms with E-state index in [2.05, 4.69) is 22.3 Å². The third-order valence-electron chi connectivity index (χ3n) is 3.04. The number of nitrogens with one attached hydrogen (secondary N) is 1. The van der Waals surface area contributed by atoms with E-state index < -0.39 is 0 Å². The van der Waals surface area contributed by atoms with Gasteiger partial charge in [-0.3, -0.25) is 0 Å². The maximum atomic E-state index is 5.61. The first-order valence-corrected chi connectivity index (χ1v) is 6.79. The molecule has 1 saturated heterocycles. The Labute approximate surface area is 100 Å². The molecular weight excluding hydrogens is 200 g/mol. The number of hydrogen-bond acceptors (Lipinski definition) is 4. The highest BCUT2D eigenvalue weighted by molar-refractivity contribution is 4.64. The van der Waals surface area contributed by atoms with E-state index in [1.165, 1.54) is 38.9 Å². The summed E-state index contributed by atoms with van der Waals surface area (Å²) in [4.78, 5) is 0. The van der Waals surface area contributed by atoms with Crippen LogP contribution in [0, 0.1) is 0 Å². The van der Waals surface area contributed by atoms with Crippen molar-refractivity contribution >= 4 is 0 Å². The van der Waals surface area contributed by atoms with Crippen LogP contribution in [-0.4, -0.2) is 55.8 Å². The fourth-order valence-electron chi connectivity index (χ4n) is 2.22. The van der Waals surface area contributed by atoms with Gasteiger partial charge < -0.3 is 11.1 Å². The van der Waals surface area contributed by atoms with E-state index in [-0.39, 0.29) is 0 Å². The summed E-state index contributed by atoms with van der Waals surface area (Å²) in [7, 11) is 0. The fourth-order valence-corrected chi connectivity index (χ4v) is 2.22. The quantitative estimate of drug-likeness (QED) is 0.725. The third-order valence-corrected chi connectivity index (χ3v) is 3.04. The standard InChI is InChI=1S/C12H28N4/c1-2-9-15-11-4-7-14-8-5-12-16(15)10-3-6-13/h14H,2-13H2,1H3. The number of hydrogen-bond donors (Lipinski definition) is 2. The van der Waals surface area contributed by atoms with Crippen molar-refractivity contribution in [3.8, 4) is 0 Å². The first kappa shape index (κ1) is 13.9. The molecule has 0 saturated carbocycles. The highest BCUT2D eigenvalue weighted by Crippen LogP contribution is 2.05. The molecular formula is C12H28N4. The molecule has 0 amide bonds. The lowest BCUT2D eigenvalue weighted by Crippen LogP contribution is -2.45. The summed E-state index contributed by atoms with van der Waals surface area (Å²) in [5, 5.41) is 8.54. The molecule has 1 aliphatic heterocycles. The van der Waals surface area contributed by atoms with Crippen LogP contribution in [0.2, 0.25) is 0 Å². The highest BCUT2D eigenvalue weighted by atomic mass is 15.6. The molecule has 1 heterocycles. The molecule has 0 bridgehead atoms. The Bertz CT molecular complexity index is 163. The topological polar surface area (TPSA) is 44.5 Å². The van der Waals surface area contributed by atoms with Gasteiger partial charge in [0.25, 0.3) is 0 Å². The second kappa shape index (κ2) is 8.93. The fraction of sp³-hybridized carbons (Fsp3) is 1.00. The highest BCUT2D eigenvalue weighted by Gasteiger charge is 2.14. The van der Waals surface area contributed by atoms with E-state index in [0.29, 0.717) is 0 Å². The van der Waals surface area contributed by atoms with E-state index in [4.69, 9.17) is 5.73 Å². The summed E-state index contributed by atoms with van der Waals surface area (Å²) in [6.07, 6.45) is 4.82. The van der Waals surface area contributed by atoms with Crippen molar-refractivity contribution in [2.75, 3.05) is 45.8 Å². The summed E-state index contributed by atoms with van der Waals surface area (Å²) in [5.41, 5.74) is 5.61. The van der Waals surface area contributed by atoms with Crippen LogP contribution in [0.5, 0.6) is 0 Å². The van der Waals surface area contributed by atoms with Gasteiger partial charge >= 0.3 is 0 Å². The lowest BCUT2D eigenvalue weighted by atomic mass is 10.3. The average Bonchev–Trinajstić information content (AvgIpc) is 2.40. The van der Waals surface area contributed by atoms with Crippen LogP contribution >= 0.6 is 0 Å². The number of hydrazine groups is 1. The van der Waals surface area contributed by atoms with Gasteiger partial charge in [0.1, 0.15) is 0 Å². The van der Waals surface area contributed by atoms with E-state index in [1.54, 1.807) is 0 Å². The maximum Gasteiger partial charge on any atom is 0.0145 e. The zero-order valence-electron chi connectivity index (χ0n) is 10.7. The minimum atomic E-state index is 0.800. The summed E-state index contributed by atoms with van der Waals surface area (Å²) in [6, 6.07) is 0. The Morgan fingerprint density at radius 2 is 1.69 bits per heavy atom. The molecule has 3 N–H and O–H groups in total. The predicted octanol–water partition coefficient (Wildman–Crippen LogP) is 0.648. The molecule has 0 aromatic carbocycles. The van der Waals surface area contributed by atoms with Gasteiger partial charge in [-0.15, -0.1) is 0 Å². The zero-order chi connectivity index (χ0) is 11.6. The first-order valence-electron chi connectivity index (χ1n) is 6.79. The smallest absolute Gasteiger partial charge is 0.0145 e. The third kappa shape index (κ3) is 5.25. The molecule has 96 valence electrons. The van der Waals surface area contributed by atoms with Gasteiger partial charge in [0.15, 0.2) is 0 Å². The van der Waals surface area contributed by atoms with E-state index in [1.807, 2.05) is 0 Å². The van der Waals surface area contributed by atoms with Crippen LogP contribution in [0.3, 0.4) is 0 Å². The van der Waals surface area contributed by atoms with Crippen molar-refractivity contribution in [3.05, 3.63) is 0 Å². The average molecular weight is 228 g/mol. The zero-order valence-corrected chi connectivity index (χ0v) is 10.7. The molecule has 4 nitrogen and oxygen atoms in total. The van der Waals surface area contributed by atoms with Crippen molar-refractivity contribution in [1.29, 1.82) is 0 Å². The molecule has 1 fully saturated rings. The van der Waals surface area contributed by atoms with Gasteiger partial charge in [-0.2, -0.15) is 0 Å². The number of nitrogens with zero attached hydrogens (tertiary/aromatic N) is 2. The Morgan fingerprint density at radius 1 is 1.06 bits per heavy atom. The normalized spacial score (nSPS) is 21.4. The van der Waals surface area contributed by atoms with Crippen LogP contribution in [0.25, 0.3) is 0 Å².